The van der Waals surface area contributed by atoms with E-state index in [4.69, 9.17) is 5.26 Å². The van der Waals surface area contributed by atoms with Crippen LogP contribution in [0.25, 0.3) is 10.8 Å². The molecule has 1 aromatic carbocycles. The number of nitrogens with zero attached hydrogens (tertiary/aromatic N) is 6. The molecule has 3 aromatic rings. The Balaban J connectivity index is 1.35. The lowest BCUT2D eigenvalue weighted by Gasteiger charge is -2.36. The smallest absolute Gasteiger partial charge is 0.159 e. The summed E-state index contributed by atoms with van der Waals surface area (Å²) in [5, 5.41) is 20.7. The zero-order valence-electron chi connectivity index (χ0n) is 17.4. The number of anilines is 2. The Morgan fingerprint density at radius 3 is 2.45 bits per heavy atom. The van der Waals surface area contributed by atoms with E-state index in [2.05, 4.69) is 79.6 Å². The highest BCUT2D eigenvalue weighted by Gasteiger charge is 2.22. The van der Waals surface area contributed by atoms with E-state index in [0.717, 1.165) is 56.4 Å². The maximum atomic E-state index is 8.97. The predicted octanol–water partition coefficient (Wildman–Crippen LogP) is 3.90. The summed E-state index contributed by atoms with van der Waals surface area (Å²) in [7, 11) is 0. The minimum atomic E-state index is 0.483. The van der Waals surface area contributed by atoms with Crippen molar-refractivity contribution >= 4 is 22.4 Å². The van der Waals surface area contributed by atoms with Crippen LogP contribution < -0.4 is 9.80 Å². The molecule has 0 saturated carbocycles. The average molecular weight is 409 g/mol. The molecule has 0 spiro atoms. The van der Waals surface area contributed by atoms with Gasteiger partial charge in [0.1, 0.15) is 11.9 Å². The van der Waals surface area contributed by atoms with Crippen molar-refractivity contribution in [3.8, 4) is 6.07 Å². The van der Waals surface area contributed by atoms with E-state index in [0.29, 0.717) is 11.5 Å². The summed E-state index contributed by atoms with van der Waals surface area (Å²) in [6.45, 7) is 3.43. The van der Waals surface area contributed by atoms with Gasteiger partial charge in [-0.15, -0.1) is 5.10 Å². The van der Waals surface area contributed by atoms with Crippen LogP contribution in [0.15, 0.2) is 66.9 Å². The summed E-state index contributed by atoms with van der Waals surface area (Å²) >= 11 is 0. The minimum Gasteiger partial charge on any atom is -0.353 e. The van der Waals surface area contributed by atoms with E-state index in [9.17, 15) is 0 Å². The van der Waals surface area contributed by atoms with Crippen LogP contribution in [0.4, 0.5) is 11.6 Å². The molecule has 6 heteroatoms. The topological polar surface area (TPSA) is 68.9 Å². The fourth-order valence-corrected chi connectivity index (χ4v) is 4.35. The molecule has 2 aromatic heterocycles. The second-order valence-corrected chi connectivity index (χ2v) is 8.02. The highest BCUT2D eigenvalue weighted by Crippen LogP contribution is 2.29. The highest BCUT2D eigenvalue weighted by atomic mass is 15.3. The van der Waals surface area contributed by atoms with Crippen LogP contribution >= 0.6 is 0 Å². The number of allylic oxidation sites excluding steroid dienone is 4. The Kier molecular flexibility index (Phi) is 5.32. The maximum absolute atomic E-state index is 8.97. The molecule has 0 radical (unpaired) electrons. The normalized spacial score (nSPS) is 18.4. The second kappa shape index (κ2) is 8.57. The molecule has 6 nitrogen and oxygen atoms in total. The van der Waals surface area contributed by atoms with Crippen molar-refractivity contribution in [3.63, 3.8) is 0 Å². The van der Waals surface area contributed by atoms with Crippen LogP contribution in [0.1, 0.15) is 17.7 Å². The lowest BCUT2D eigenvalue weighted by atomic mass is 9.94. The van der Waals surface area contributed by atoms with Gasteiger partial charge in [0.25, 0.3) is 0 Å². The van der Waals surface area contributed by atoms with Crippen molar-refractivity contribution in [2.45, 2.75) is 12.8 Å². The Bertz CT molecular complexity index is 1170. The fraction of sp³-hybridized carbons (Fsp3) is 0.280. The third-order valence-electron chi connectivity index (χ3n) is 6.05. The van der Waals surface area contributed by atoms with Crippen LogP contribution in [0.2, 0.25) is 0 Å². The van der Waals surface area contributed by atoms with Crippen molar-refractivity contribution in [1.29, 1.82) is 5.26 Å². The van der Waals surface area contributed by atoms with E-state index in [1.807, 2.05) is 12.1 Å². The van der Waals surface area contributed by atoms with Gasteiger partial charge in [0.15, 0.2) is 5.82 Å². The Labute approximate surface area is 182 Å². The molecule has 3 heterocycles. The first-order valence-electron chi connectivity index (χ1n) is 10.8. The van der Waals surface area contributed by atoms with E-state index >= 15 is 0 Å². The van der Waals surface area contributed by atoms with Crippen LogP contribution in [0.5, 0.6) is 0 Å². The largest absolute Gasteiger partial charge is 0.353 e. The number of piperazine rings is 1. The number of aromatic nitrogens is 3. The standard InChI is InChI=1S/C25H24N6/c26-17-20-10-11-24(27-18-20)30-12-14-31(15-13-30)25-22-9-5-4-8-21(22)23(28-29-25)16-19-6-2-1-3-7-19/h1-6,8-11,18-19H,7,12-16H2. The van der Waals surface area contributed by atoms with Gasteiger partial charge in [-0.05, 0) is 30.9 Å². The van der Waals surface area contributed by atoms with E-state index in [1.165, 1.54) is 10.8 Å². The van der Waals surface area contributed by atoms with Crippen LogP contribution in [0, 0.1) is 17.2 Å². The van der Waals surface area contributed by atoms with Gasteiger partial charge in [0.2, 0.25) is 0 Å². The summed E-state index contributed by atoms with van der Waals surface area (Å²) in [5.74, 6) is 2.36. The molecule has 0 amide bonds. The molecular weight excluding hydrogens is 384 g/mol. The number of fused-ring (bicyclic) bond motifs is 1. The van der Waals surface area contributed by atoms with Gasteiger partial charge in [-0.3, -0.25) is 0 Å². The van der Waals surface area contributed by atoms with Crippen LogP contribution in [-0.2, 0) is 6.42 Å². The monoisotopic (exact) mass is 408 g/mol. The third kappa shape index (κ3) is 3.99. The number of pyridine rings is 1. The number of benzene rings is 1. The van der Waals surface area contributed by atoms with E-state index < -0.39 is 0 Å². The third-order valence-corrected chi connectivity index (χ3v) is 6.05. The summed E-state index contributed by atoms with van der Waals surface area (Å²) in [6.07, 6.45) is 12.3. The second-order valence-electron chi connectivity index (χ2n) is 8.02. The first-order chi connectivity index (χ1) is 15.3. The number of rotatable bonds is 4. The Hall–Kier alpha value is -3.72. The predicted molar refractivity (Wildman–Crippen MR) is 123 cm³/mol. The molecule has 1 aliphatic carbocycles. The van der Waals surface area contributed by atoms with Crippen molar-refractivity contribution in [3.05, 3.63) is 78.2 Å². The molecule has 1 atom stereocenters. The van der Waals surface area contributed by atoms with Crippen molar-refractivity contribution in [2.75, 3.05) is 36.0 Å². The molecule has 1 unspecified atom stereocenters. The van der Waals surface area contributed by atoms with Crippen molar-refractivity contribution in [1.82, 2.24) is 15.2 Å². The molecule has 31 heavy (non-hydrogen) atoms. The molecule has 1 fully saturated rings. The lowest BCUT2D eigenvalue weighted by Crippen LogP contribution is -2.47. The lowest BCUT2D eigenvalue weighted by molar-refractivity contribution is 0.627. The molecule has 154 valence electrons. The van der Waals surface area contributed by atoms with Gasteiger partial charge in [-0.1, -0.05) is 48.6 Å². The maximum Gasteiger partial charge on any atom is 0.159 e. The van der Waals surface area contributed by atoms with Crippen LogP contribution in [-0.4, -0.2) is 41.4 Å². The summed E-state index contributed by atoms with van der Waals surface area (Å²) in [6, 6.07) is 14.4. The van der Waals surface area contributed by atoms with Gasteiger partial charge in [0, 0.05) is 43.1 Å². The molecule has 0 bridgehead atoms. The zero-order chi connectivity index (χ0) is 21.0. The number of nitriles is 1. The average Bonchev–Trinajstić information content (AvgIpc) is 2.85. The van der Waals surface area contributed by atoms with Crippen LogP contribution in [0.3, 0.4) is 0 Å². The molecule has 0 N–H and O–H groups in total. The quantitative estimate of drug-likeness (QED) is 0.652. The van der Waals surface area contributed by atoms with E-state index in [-0.39, 0.29) is 0 Å². The molecular formula is C25H24N6. The fourth-order valence-electron chi connectivity index (χ4n) is 4.35. The van der Waals surface area contributed by atoms with Gasteiger partial charge in [-0.25, -0.2) is 4.98 Å². The van der Waals surface area contributed by atoms with Gasteiger partial charge >= 0.3 is 0 Å². The zero-order valence-corrected chi connectivity index (χ0v) is 17.4. The molecule has 2 aliphatic rings. The Morgan fingerprint density at radius 2 is 1.74 bits per heavy atom. The summed E-state index contributed by atoms with van der Waals surface area (Å²) in [5.41, 5.74) is 1.66. The van der Waals surface area contributed by atoms with Crippen molar-refractivity contribution in [2.24, 2.45) is 5.92 Å². The van der Waals surface area contributed by atoms with Gasteiger partial charge in [-0.2, -0.15) is 10.4 Å². The first kappa shape index (κ1) is 19.3. The number of hydrogen-bond donors (Lipinski definition) is 0. The van der Waals surface area contributed by atoms with E-state index in [1.54, 1.807) is 6.20 Å². The minimum absolute atomic E-state index is 0.483. The number of hydrogen-bond acceptors (Lipinski definition) is 6. The first-order valence-corrected chi connectivity index (χ1v) is 10.8. The summed E-state index contributed by atoms with van der Waals surface area (Å²) < 4.78 is 0. The van der Waals surface area contributed by atoms with Crippen molar-refractivity contribution < 1.29 is 0 Å². The Morgan fingerprint density at radius 1 is 0.935 bits per heavy atom. The molecule has 1 saturated heterocycles. The van der Waals surface area contributed by atoms with Gasteiger partial charge in [0.05, 0.1) is 11.3 Å². The summed E-state index contributed by atoms with van der Waals surface area (Å²) in [4.78, 5) is 9.01. The highest BCUT2D eigenvalue weighted by molar-refractivity contribution is 5.93. The molecule has 1 aliphatic heterocycles. The SMILES string of the molecule is N#Cc1ccc(N2CCN(c3nnc(CC4C=CC=CC4)c4ccccc34)CC2)nc1. The van der Waals surface area contributed by atoms with Gasteiger partial charge < -0.3 is 9.80 Å². The molecule has 5 rings (SSSR count).